The van der Waals surface area contributed by atoms with Crippen LogP contribution in [0.15, 0.2) is 0 Å². The molecular weight excluding hydrogens is 154 g/mol. The Kier molecular flexibility index (Phi) is 3.09. The van der Waals surface area contributed by atoms with Crippen LogP contribution in [0.2, 0.25) is 0 Å². The van der Waals surface area contributed by atoms with Gasteiger partial charge >= 0.3 is 5.97 Å². The Bertz CT molecular complexity index is 168. The molecule has 3 heteroatoms. The van der Waals surface area contributed by atoms with Crippen LogP contribution in [0.4, 0.5) is 0 Å². The zero-order chi connectivity index (χ0) is 9.14. The van der Waals surface area contributed by atoms with Gasteiger partial charge in [0, 0.05) is 6.04 Å². The first-order valence-corrected chi connectivity index (χ1v) is 4.50. The van der Waals surface area contributed by atoms with E-state index in [-0.39, 0.29) is 12.0 Å². The van der Waals surface area contributed by atoms with Crippen molar-refractivity contribution in [1.82, 2.24) is 4.90 Å². The van der Waals surface area contributed by atoms with Crippen LogP contribution in [0.5, 0.6) is 0 Å². The summed E-state index contributed by atoms with van der Waals surface area (Å²) < 4.78 is 4.73. The van der Waals surface area contributed by atoms with Crippen molar-refractivity contribution in [3.8, 4) is 0 Å². The summed E-state index contributed by atoms with van der Waals surface area (Å²) in [5, 5.41) is 0. The molecule has 0 unspecified atom stereocenters. The third-order valence-corrected chi connectivity index (χ3v) is 2.43. The fraction of sp³-hybridized carbons (Fsp3) is 0.889. The van der Waals surface area contributed by atoms with E-state index < -0.39 is 0 Å². The van der Waals surface area contributed by atoms with E-state index in [1.807, 2.05) is 0 Å². The van der Waals surface area contributed by atoms with E-state index in [1.54, 1.807) is 0 Å². The summed E-state index contributed by atoms with van der Waals surface area (Å²) in [5.41, 5.74) is 0. The summed E-state index contributed by atoms with van der Waals surface area (Å²) >= 11 is 0. The van der Waals surface area contributed by atoms with Gasteiger partial charge in [-0.05, 0) is 33.2 Å². The SMILES string of the molecule is COC(=O)[C@@H]1CCCN1C(C)C. The van der Waals surface area contributed by atoms with Crippen LogP contribution >= 0.6 is 0 Å². The highest BCUT2D eigenvalue weighted by Crippen LogP contribution is 2.20. The second kappa shape index (κ2) is 3.90. The average Bonchev–Trinajstić information content (AvgIpc) is 2.50. The van der Waals surface area contributed by atoms with Crippen LogP contribution in [-0.4, -0.2) is 36.6 Å². The average molecular weight is 171 g/mol. The normalized spacial score (nSPS) is 24.8. The van der Waals surface area contributed by atoms with Crippen LogP contribution < -0.4 is 0 Å². The molecule has 0 spiro atoms. The Hall–Kier alpha value is -0.570. The van der Waals surface area contributed by atoms with Crippen LogP contribution in [0, 0.1) is 0 Å². The molecule has 1 saturated heterocycles. The molecule has 1 rings (SSSR count). The fourth-order valence-corrected chi connectivity index (χ4v) is 1.80. The molecule has 0 amide bonds. The lowest BCUT2D eigenvalue weighted by molar-refractivity contribution is -0.146. The van der Waals surface area contributed by atoms with Gasteiger partial charge in [-0.3, -0.25) is 9.69 Å². The Labute approximate surface area is 73.7 Å². The first-order chi connectivity index (χ1) is 5.66. The zero-order valence-corrected chi connectivity index (χ0v) is 8.04. The number of rotatable bonds is 2. The molecular formula is C9H17NO2. The van der Waals surface area contributed by atoms with Gasteiger partial charge in [0.2, 0.25) is 0 Å². The summed E-state index contributed by atoms with van der Waals surface area (Å²) in [6.45, 7) is 5.25. The fourth-order valence-electron chi connectivity index (χ4n) is 1.80. The molecule has 0 aromatic rings. The highest BCUT2D eigenvalue weighted by atomic mass is 16.5. The Morgan fingerprint density at radius 1 is 1.58 bits per heavy atom. The van der Waals surface area contributed by atoms with Crippen molar-refractivity contribution in [2.45, 2.75) is 38.8 Å². The number of hydrogen-bond donors (Lipinski definition) is 0. The standard InChI is InChI=1S/C9H17NO2/c1-7(2)10-6-4-5-8(10)9(11)12-3/h7-8H,4-6H2,1-3H3/t8-/m0/s1. The molecule has 1 atom stereocenters. The Morgan fingerprint density at radius 3 is 2.75 bits per heavy atom. The lowest BCUT2D eigenvalue weighted by atomic mass is 10.2. The smallest absolute Gasteiger partial charge is 0.323 e. The molecule has 0 bridgehead atoms. The predicted molar refractivity (Wildman–Crippen MR) is 46.9 cm³/mol. The van der Waals surface area contributed by atoms with Crippen molar-refractivity contribution in [2.24, 2.45) is 0 Å². The van der Waals surface area contributed by atoms with Crippen molar-refractivity contribution in [1.29, 1.82) is 0 Å². The van der Waals surface area contributed by atoms with Gasteiger partial charge in [0.1, 0.15) is 6.04 Å². The van der Waals surface area contributed by atoms with Gasteiger partial charge < -0.3 is 4.74 Å². The molecule has 1 aliphatic rings. The number of likely N-dealkylation sites (tertiary alicyclic amines) is 1. The molecule has 0 aromatic heterocycles. The van der Waals surface area contributed by atoms with Gasteiger partial charge in [-0.25, -0.2) is 0 Å². The van der Waals surface area contributed by atoms with Crippen LogP contribution in [0.25, 0.3) is 0 Å². The number of ether oxygens (including phenoxy) is 1. The molecule has 0 radical (unpaired) electrons. The molecule has 0 N–H and O–H groups in total. The van der Waals surface area contributed by atoms with Gasteiger partial charge in [0.05, 0.1) is 7.11 Å². The maximum Gasteiger partial charge on any atom is 0.323 e. The van der Waals surface area contributed by atoms with Crippen LogP contribution in [-0.2, 0) is 9.53 Å². The van der Waals surface area contributed by atoms with Crippen LogP contribution in [0.1, 0.15) is 26.7 Å². The molecule has 12 heavy (non-hydrogen) atoms. The summed E-state index contributed by atoms with van der Waals surface area (Å²) in [6.07, 6.45) is 2.06. The van der Waals surface area contributed by atoms with Crippen molar-refractivity contribution in [3.63, 3.8) is 0 Å². The number of carbonyl (C=O) groups excluding carboxylic acids is 1. The van der Waals surface area contributed by atoms with Crippen molar-refractivity contribution in [3.05, 3.63) is 0 Å². The van der Waals surface area contributed by atoms with E-state index in [0.29, 0.717) is 6.04 Å². The topological polar surface area (TPSA) is 29.5 Å². The zero-order valence-electron chi connectivity index (χ0n) is 8.04. The molecule has 1 fully saturated rings. The van der Waals surface area contributed by atoms with Gasteiger partial charge in [-0.1, -0.05) is 0 Å². The van der Waals surface area contributed by atoms with Gasteiger partial charge in [-0.15, -0.1) is 0 Å². The van der Waals surface area contributed by atoms with E-state index in [2.05, 4.69) is 18.7 Å². The summed E-state index contributed by atoms with van der Waals surface area (Å²) in [4.78, 5) is 13.5. The van der Waals surface area contributed by atoms with Gasteiger partial charge in [0.15, 0.2) is 0 Å². The molecule has 1 aliphatic heterocycles. The molecule has 3 nitrogen and oxygen atoms in total. The van der Waals surface area contributed by atoms with E-state index in [1.165, 1.54) is 7.11 Å². The summed E-state index contributed by atoms with van der Waals surface area (Å²) in [5.74, 6) is -0.0822. The van der Waals surface area contributed by atoms with E-state index >= 15 is 0 Å². The third kappa shape index (κ3) is 1.78. The van der Waals surface area contributed by atoms with Crippen molar-refractivity contribution in [2.75, 3.05) is 13.7 Å². The summed E-state index contributed by atoms with van der Waals surface area (Å²) in [6, 6.07) is 0.451. The minimum Gasteiger partial charge on any atom is -0.468 e. The first-order valence-electron chi connectivity index (χ1n) is 4.50. The minimum atomic E-state index is -0.0822. The molecule has 0 aromatic carbocycles. The second-order valence-electron chi connectivity index (χ2n) is 3.51. The van der Waals surface area contributed by atoms with E-state index in [0.717, 1.165) is 19.4 Å². The lowest BCUT2D eigenvalue weighted by Gasteiger charge is -2.25. The molecule has 0 aliphatic carbocycles. The maximum atomic E-state index is 11.3. The summed E-state index contributed by atoms with van der Waals surface area (Å²) in [7, 11) is 1.46. The van der Waals surface area contributed by atoms with Crippen molar-refractivity contribution >= 4 is 5.97 Å². The lowest BCUT2D eigenvalue weighted by Crippen LogP contribution is -2.41. The number of carbonyl (C=O) groups is 1. The molecule has 70 valence electrons. The number of hydrogen-bond acceptors (Lipinski definition) is 3. The van der Waals surface area contributed by atoms with E-state index in [9.17, 15) is 4.79 Å². The maximum absolute atomic E-state index is 11.3. The minimum absolute atomic E-state index is 0.00926. The van der Waals surface area contributed by atoms with Gasteiger partial charge in [0.25, 0.3) is 0 Å². The highest BCUT2D eigenvalue weighted by Gasteiger charge is 2.32. The quantitative estimate of drug-likeness (QED) is 0.581. The Morgan fingerprint density at radius 2 is 2.25 bits per heavy atom. The molecule has 0 saturated carbocycles. The van der Waals surface area contributed by atoms with E-state index in [4.69, 9.17) is 4.74 Å². The third-order valence-electron chi connectivity index (χ3n) is 2.43. The predicted octanol–water partition coefficient (Wildman–Crippen LogP) is 1.03. The van der Waals surface area contributed by atoms with Gasteiger partial charge in [-0.2, -0.15) is 0 Å². The first kappa shape index (κ1) is 9.52. The monoisotopic (exact) mass is 171 g/mol. The number of methoxy groups -OCH3 is 1. The van der Waals surface area contributed by atoms with Crippen molar-refractivity contribution < 1.29 is 9.53 Å². The Balaban J connectivity index is 2.57. The number of esters is 1. The van der Waals surface area contributed by atoms with Crippen LogP contribution in [0.3, 0.4) is 0 Å². The second-order valence-corrected chi connectivity index (χ2v) is 3.51. The largest absolute Gasteiger partial charge is 0.468 e. The highest BCUT2D eigenvalue weighted by molar-refractivity contribution is 5.76. The number of nitrogens with zero attached hydrogens (tertiary/aromatic N) is 1. The molecule has 1 heterocycles.